The van der Waals surface area contributed by atoms with Crippen LogP contribution in [0.3, 0.4) is 0 Å². The summed E-state index contributed by atoms with van der Waals surface area (Å²) >= 11 is 0. The van der Waals surface area contributed by atoms with E-state index in [1.54, 1.807) is 0 Å². The molecule has 0 fully saturated rings. The Morgan fingerprint density at radius 2 is 1.91 bits per heavy atom. The molecule has 0 bridgehead atoms. The van der Waals surface area contributed by atoms with Crippen LogP contribution in [-0.2, 0) is 12.0 Å². The Bertz CT molecular complexity index is 871. The zero-order valence-electron chi connectivity index (χ0n) is 12.9. The summed E-state index contributed by atoms with van der Waals surface area (Å²) in [6.45, 7) is 5.87. The van der Waals surface area contributed by atoms with E-state index < -0.39 is 5.76 Å². The molecule has 0 unspecified atom stereocenters. The third-order valence-electron chi connectivity index (χ3n) is 3.12. The first-order chi connectivity index (χ1) is 10.8. The lowest BCUT2D eigenvalue weighted by molar-refractivity contribution is 0.348. The van der Waals surface area contributed by atoms with Crippen LogP contribution in [0, 0.1) is 5.82 Å². The van der Waals surface area contributed by atoms with E-state index in [2.05, 4.69) is 15.2 Å². The summed E-state index contributed by atoms with van der Waals surface area (Å²) in [4.78, 5) is 16.1. The highest BCUT2D eigenvalue weighted by atomic mass is 19.1. The lowest BCUT2D eigenvalue weighted by Crippen LogP contribution is -2.17. The molecule has 0 amide bonds. The summed E-state index contributed by atoms with van der Waals surface area (Å²) in [5.74, 6) is -0.125. The standard InChI is InChI=1S/C15H15FN4O3/c1-15(2,3)13-17-11(23-19-13)8-20-14(21)22-12(18-20)9-4-6-10(16)7-5-9/h4-7H,8H2,1-3H3. The smallest absolute Gasteiger partial charge is 0.388 e. The van der Waals surface area contributed by atoms with Gasteiger partial charge in [-0.05, 0) is 24.3 Å². The molecule has 1 aromatic carbocycles. The van der Waals surface area contributed by atoms with Gasteiger partial charge in [0.25, 0.3) is 0 Å². The monoisotopic (exact) mass is 318 g/mol. The van der Waals surface area contributed by atoms with Crippen molar-refractivity contribution in [3.8, 4) is 11.5 Å². The zero-order chi connectivity index (χ0) is 16.6. The van der Waals surface area contributed by atoms with Gasteiger partial charge in [0, 0.05) is 11.0 Å². The van der Waals surface area contributed by atoms with Crippen molar-refractivity contribution in [1.29, 1.82) is 0 Å². The molecule has 0 saturated heterocycles. The van der Waals surface area contributed by atoms with Gasteiger partial charge in [0.15, 0.2) is 5.82 Å². The second kappa shape index (κ2) is 5.45. The van der Waals surface area contributed by atoms with Crippen molar-refractivity contribution < 1.29 is 13.3 Å². The number of rotatable bonds is 3. The van der Waals surface area contributed by atoms with E-state index >= 15 is 0 Å². The van der Waals surface area contributed by atoms with E-state index in [0.29, 0.717) is 11.4 Å². The lowest BCUT2D eigenvalue weighted by atomic mass is 9.96. The quantitative estimate of drug-likeness (QED) is 0.737. The molecule has 0 saturated carbocycles. The molecule has 0 aliphatic carbocycles. The van der Waals surface area contributed by atoms with Gasteiger partial charge in [-0.1, -0.05) is 25.9 Å². The van der Waals surface area contributed by atoms with Crippen molar-refractivity contribution >= 4 is 0 Å². The SMILES string of the molecule is CC(C)(C)c1noc(Cn2nc(-c3ccc(F)cc3)oc2=O)n1. The van der Waals surface area contributed by atoms with Gasteiger partial charge in [-0.25, -0.2) is 9.18 Å². The van der Waals surface area contributed by atoms with Crippen molar-refractivity contribution in [3.63, 3.8) is 0 Å². The average Bonchev–Trinajstić information content (AvgIpc) is 3.08. The molecule has 3 rings (SSSR count). The van der Waals surface area contributed by atoms with Crippen LogP contribution in [0.1, 0.15) is 32.5 Å². The number of hydrogen-bond donors (Lipinski definition) is 0. The van der Waals surface area contributed by atoms with Crippen LogP contribution >= 0.6 is 0 Å². The summed E-state index contributed by atoms with van der Waals surface area (Å²) in [6, 6.07) is 5.49. The predicted octanol–water partition coefficient (Wildman–Crippen LogP) is 2.37. The average molecular weight is 318 g/mol. The zero-order valence-corrected chi connectivity index (χ0v) is 12.9. The van der Waals surface area contributed by atoms with Crippen LogP contribution < -0.4 is 5.76 Å². The first-order valence-corrected chi connectivity index (χ1v) is 7.00. The van der Waals surface area contributed by atoms with Gasteiger partial charge < -0.3 is 8.94 Å². The maximum Gasteiger partial charge on any atom is 0.437 e. The predicted molar refractivity (Wildman–Crippen MR) is 78.3 cm³/mol. The molecule has 8 heteroatoms. The van der Waals surface area contributed by atoms with Crippen molar-refractivity contribution in [2.45, 2.75) is 32.7 Å². The fourth-order valence-electron chi connectivity index (χ4n) is 1.87. The summed E-state index contributed by atoms with van der Waals surface area (Å²) in [5.41, 5.74) is 0.249. The lowest BCUT2D eigenvalue weighted by Gasteiger charge is -2.10. The van der Waals surface area contributed by atoms with Crippen LogP contribution in [0.2, 0.25) is 0 Å². The fourth-order valence-corrected chi connectivity index (χ4v) is 1.87. The highest BCUT2D eigenvalue weighted by Gasteiger charge is 2.22. The number of halogens is 1. The van der Waals surface area contributed by atoms with Crippen molar-refractivity contribution in [2.75, 3.05) is 0 Å². The molecule has 0 N–H and O–H groups in total. The minimum atomic E-state index is -0.653. The Balaban J connectivity index is 1.86. The van der Waals surface area contributed by atoms with E-state index in [9.17, 15) is 9.18 Å². The highest BCUT2D eigenvalue weighted by molar-refractivity contribution is 5.51. The molecule has 0 radical (unpaired) electrons. The molecular weight excluding hydrogens is 303 g/mol. The van der Waals surface area contributed by atoms with Gasteiger partial charge >= 0.3 is 5.76 Å². The number of nitrogens with zero attached hydrogens (tertiary/aromatic N) is 4. The second-order valence-corrected chi connectivity index (χ2v) is 6.10. The van der Waals surface area contributed by atoms with E-state index in [0.717, 1.165) is 4.68 Å². The van der Waals surface area contributed by atoms with Crippen molar-refractivity contribution in [1.82, 2.24) is 19.9 Å². The van der Waals surface area contributed by atoms with E-state index in [-0.39, 0.29) is 29.6 Å². The van der Waals surface area contributed by atoms with Crippen molar-refractivity contribution in [2.24, 2.45) is 0 Å². The third kappa shape index (κ3) is 3.20. The van der Waals surface area contributed by atoms with Gasteiger partial charge in [0.05, 0.1) is 0 Å². The molecule has 0 spiro atoms. The van der Waals surface area contributed by atoms with Crippen LogP contribution in [0.25, 0.3) is 11.5 Å². The maximum absolute atomic E-state index is 12.9. The van der Waals surface area contributed by atoms with Gasteiger partial charge in [-0.3, -0.25) is 0 Å². The van der Waals surface area contributed by atoms with E-state index in [4.69, 9.17) is 8.94 Å². The second-order valence-electron chi connectivity index (χ2n) is 6.10. The minimum Gasteiger partial charge on any atom is -0.388 e. The number of benzene rings is 1. The Labute approximate surface area is 130 Å². The van der Waals surface area contributed by atoms with Crippen LogP contribution in [-0.4, -0.2) is 19.9 Å². The van der Waals surface area contributed by atoms with E-state index in [1.165, 1.54) is 24.3 Å². The summed E-state index contributed by atoms with van der Waals surface area (Å²) in [5, 5.41) is 7.95. The first kappa shape index (κ1) is 15.1. The van der Waals surface area contributed by atoms with E-state index in [1.807, 2.05) is 20.8 Å². The molecule has 3 aromatic rings. The summed E-state index contributed by atoms with van der Waals surface area (Å²) in [6.07, 6.45) is 0. The van der Waals surface area contributed by atoms with Crippen molar-refractivity contribution in [3.05, 3.63) is 52.3 Å². The van der Waals surface area contributed by atoms with Crippen LogP contribution in [0.15, 0.2) is 38.0 Å². The molecule has 0 aliphatic rings. The Hall–Kier alpha value is -2.77. The maximum atomic E-state index is 12.9. The molecule has 0 aliphatic heterocycles. The molecule has 2 aromatic heterocycles. The van der Waals surface area contributed by atoms with Gasteiger partial charge in [-0.15, -0.1) is 5.10 Å². The highest BCUT2D eigenvalue weighted by Crippen LogP contribution is 2.19. The number of hydrogen-bond acceptors (Lipinski definition) is 6. The molecule has 23 heavy (non-hydrogen) atoms. The first-order valence-electron chi connectivity index (χ1n) is 7.00. The van der Waals surface area contributed by atoms with Crippen LogP contribution in [0.5, 0.6) is 0 Å². The molecule has 2 heterocycles. The summed E-state index contributed by atoms with van der Waals surface area (Å²) < 4.78 is 24.2. The third-order valence-corrected chi connectivity index (χ3v) is 3.12. The minimum absolute atomic E-state index is 0.00656. The topological polar surface area (TPSA) is 87.0 Å². The molecule has 0 atom stereocenters. The molecular formula is C15H15FN4O3. The molecule has 7 nitrogen and oxygen atoms in total. The number of aromatic nitrogens is 4. The summed E-state index contributed by atoms with van der Waals surface area (Å²) in [7, 11) is 0. The molecule has 120 valence electrons. The van der Waals surface area contributed by atoms with Gasteiger partial charge in [-0.2, -0.15) is 9.67 Å². The van der Waals surface area contributed by atoms with Gasteiger partial charge in [0.2, 0.25) is 11.8 Å². The normalized spacial score (nSPS) is 11.8. The Morgan fingerprint density at radius 3 is 2.52 bits per heavy atom. The fraction of sp³-hybridized carbons (Fsp3) is 0.333. The Kier molecular flexibility index (Phi) is 3.59. The largest absolute Gasteiger partial charge is 0.437 e. The van der Waals surface area contributed by atoms with Crippen LogP contribution in [0.4, 0.5) is 4.39 Å². The van der Waals surface area contributed by atoms with Gasteiger partial charge in [0.1, 0.15) is 12.4 Å². The Morgan fingerprint density at radius 1 is 1.22 bits per heavy atom.